The van der Waals surface area contributed by atoms with Crippen molar-refractivity contribution in [2.45, 2.75) is 44.6 Å². The lowest BCUT2D eigenvalue weighted by atomic mass is 10.0. The van der Waals surface area contributed by atoms with Gasteiger partial charge in [0.05, 0.1) is 0 Å². The molecule has 0 spiro atoms. The number of carbonyl (C=O) groups is 1. The average molecular weight is 304 g/mol. The Bertz CT molecular complexity index is 477. The molecule has 0 radical (unpaired) electrons. The summed E-state index contributed by atoms with van der Waals surface area (Å²) in [4.78, 5) is 18.3. The molecule has 0 unspecified atom stereocenters. The number of pyridine rings is 1. The first-order chi connectivity index (χ1) is 10.7. The van der Waals surface area contributed by atoms with Gasteiger partial charge in [0.15, 0.2) is 0 Å². The summed E-state index contributed by atoms with van der Waals surface area (Å²) >= 11 is 0. The number of nitrogens with one attached hydrogen (secondary N) is 1. The number of hydrogen-bond acceptors (Lipinski definition) is 4. The Hall–Kier alpha value is -1.46. The third-order valence-electron chi connectivity index (χ3n) is 4.29. The lowest BCUT2D eigenvalue weighted by Gasteiger charge is -2.19. The molecule has 0 aliphatic carbocycles. The maximum Gasteiger partial charge on any atom is 0.220 e. The third kappa shape index (κ3) is 5.07. The van der Waals surface area contributed by atoms with Gasteiger partial charge in [-0.2, -0.15) is 0 Å². The number of carbonyl (C=O) groups excluding carboxylic acids is 1. The molecule has 1 aliphatic heterocycles. The number of likely N-dealkylation sites (tertiary alicyclic amines) is 1. The van der Waals surface area contributed by atoms with E-state index in [9.17, 15) is 4.79 Å². The van der Waals surface area contributed by atoms with E-state index in [0.717, 1.165) is 25.8 Å². The molecule has 3 N–H and O–H groups in total. The van der Waals surface area contributed by atoms with Crippen LogP contribution in [0.3, 0.4) is 0 Å². The van der Waals surface area contributed by atoms with Gasteiger partial charge in [0.2, 0.25) is 5.91 Å². The highest BCUT2D eigenvalue weighted by Gasteiger charge is 2.22. The first kappa shape index (κ1) is 16.9. The fourth-order valence-electron chi connectivity index (χ4n) is 3.03. The quantitative estimate of drug-likeness (QED) is 0.716. The fourth-order valence-corrected chi connectivity index (χ4v) is 3.03. The Balaban J connectivity index is 1.75. The van der Waals surface area contributed by atoms with Crippen LogP contribution in [0.25, 0.3) is 0 Å². The van der Waals surface area contributed by atoms with Crippen molar-refractivity contribution in [3.05, 3.63) is 29.6 Å². The van der Waals surface area contributed by atoms with Crippen molar-refractivity contribution in [1.29, 1.82) is 0 Å². The zero-order valence-electron chi connectivity index (χ0n) is 13.6. The number of hydrogen-bond donors (Lipinski definition) is 2. The predicted octanol–water partition coefficient (Wildman–Crippen LogP) is 1.64. The van der Waals surface area contributed by atoms with Crippen LogP contribution in [-0.4, -0.2) is 42.5 Å². The van der Waals surface area contributed by atoms with Crippen LogP contribution in [0.4, 0.5) is 0 Å². The van der Waals surface area contributed by atoms with E-state index >= 15 is 0 Å². The van der Waals surface area contributed by atoms with Gasteiger partial charge in [-0.1, -0.05) is 6.07 Å². The molecule has 2 rings (SSSR count). The van der Waals surface area contributed by atoms with Gasteiger partial charge in [-0.15, -0.1) is 0 Å². The smallest absolute Gasteiger partial charge is 0.220 e. The van der Waals surface area contributed by atoms with Crippen LogP contribution >= 0.6 is 0 Å². The van der Waals surface area contributed by atoms with Crippen LogP contribution in [0.1, 0.15) is 49.3 Å². The largest absolute Gasteiger partial charge is 0.356 e. The molecule has 1 aromatic rings. The van der Waals surface area contributed by atoms with E-state index in [1.807, 2.05) is 12.4 Å². The van der Waals surface area contributed by atoms with Crippen molar-refractivity contribution in [1.82, 2.24) is 15.2 Å². The fraction of sp³-hybridized carbons (Fsp3) is 0.647. The molecular formula is C17H28N4O. The van der Waals surface area contributed by atoms with Crippen LogP contribution in [0.15, 0.2) is 18.5 Å². The molecule has 0 bridgehead atoms. The van der Waals surface area contributed by atoms with Crippen molar-refractivity contribution in [2.24, 2.45) is 5.73 Å². The minimum atomic E-state index is 0.102. The monoisotopic (exact) mass is 304 g/mol. The van der Waals surface area contributed by atoms with E-state index in [1.54, 1.807) is 0 Å². The second-order valence-corrected chi connectivity index (χ2v) is 6.11. The van der Waals surface area contributed by atoms with Crippen LogP contribution in [0.5, 0.6) is 0 Å². The average Bonchev–Trinajstić information content (AvgIpc) is 2.96. The van der Waals surface area contributed by atoms with E-state index < -0.39 is 0 Å². The molecular weight excluding hydrogens is 276 g/mol. The molecule has 22 heavy (non-hydrogen) atoms. The Morgan fingerprint density at radius 2 is 2.32 bits per heavy atom. The minimum Gasteiger partial charge on any atom is -0.356 e. The summed E-state index contributed by atoms with van der Waals surface area (Å²) in [5.41, 5.74) is 7.97. The molecule has 1 aliphatic rings. The van der Waals surface area contributed by atoms with E-state index in [1.165, 1.54) is 30.5 Å². The molecule has 1 aromatic heterocycles. The normalized spacial score (nSPS) is 18.5. The standard InChI is InChI=1S/C17H28N4O/c1-21-10-4-6-16(21)15-11-14(12-19-13-15)5-3-9-20-17(22)7-2-8-18/h11-13,16H,2-10,18H2,1H3,(H,20,22)/t16-/m0/s1. The van der Waals surface area contributed by atoms with Gasteiger partial charge >= 0.3 is 0 Å². The molecule has 1 amide bonds. The number of nitrogens with zero attached hydrogens (tertiary/aromatic N) is 2. The Labute approximate surface area is 133 Å². The van der Waals surface area contributed by atoms with Crippen LogP contribution in [-0.2, 0) is 11.2 Å². The van der Waals surface area contributed by atoms with Crippen LogP contribution in [0.2, 0.25) is 0 Å². The Morgan fingerprint density at radius 1 is 1.45 bits per heavy atom. The lowest BCUT2D eigenvalue weighted by Crippen LogP contribution is -2.25. The van der Waals surface area contributed by atoms with Gasteiger partial charge in [-0.25, -0.2) is 0 Å². The van der Waals surface area contributed by atoms with Crippen molar-refractivity contribution in [3.63, 3.8) is 0 Å². The number of aromatic nitrogens is 1. The summed E-state index contributed by atoms with van der Waals surface area (Å²) in [6, 6.07) is 2.79. The molecule has 5 nitrogen and oxygen atoms in total. The zero-order valence-corrected chi connectivity index (χ0v) is 13.6. The minimum absolute atomic E-state index is 0.102. The van der Waals surface area contributed by atoms with Crippen molar-refractivity contribution in [2.75, 3.05) is 26.7 Å². The summed E-state index contributed by atoms with van der Waals surface area (Å²) in [5.74, 6) is 0.102. The molecule has 0 aromatic carbocycles. The summed E-state index contributed by atoms with van der Waals surface area (Å²) < 4.78 is 0. The molecule has 0 saturated carbocycles. The Morgan fingerprint density at radius 3 is 3.05 bits per heavy atom. The Kier molecular flexibility index (Phi) is 6.80. The molecule has 122 valence electrons. The summed E-state index contributed by atoms with van der Waals surface area (Å²) in [5, 5.41) is 2.94. The zero-order chi connectivity index (χ0) is 15.8. The van der Waals surface area contributed by atoms with Crippen LogP contribution < -0.4 is 11.1 Å². The number of rotatable bonds is 8. The summed E-state index contributed by atoms with van der Waals surface area (Å²) in [7, 11) is 2.18. The van der Waals surface area contributed by atoms with Gasteiger partial charge in [-0.05, 0) is 63.4 Å². The second-order valence-electron chi connectivity index (χ2n) is 6.11. The van der Waals surface area contributed by atoms with Gasteiger partial charge in [0, 0.05) is 31.4 Å². The number of nitrogens with two attached hydrogens (primary N) is 1. The van der Waals surface area contributed by atoms with Crippen molar-refractivity contribution in [3.8, 4) is 0 Å². The van der Waals surface area contributed by atoms with E-state index in [-0.39, 0.29) is 5.91 Å². The number of amides is 1. The van der Waals surface area contributed by atoms with Crippen molar-refractivity contribution < 1.29 is 4.79 Å². The van der Waals surface area contributed by atoms with Gasteiger partial charge < -0.3 is 11.1 Å². The van der Waals surface area contributed by atoms with Gasteiger partial charge in [0.25, 0.3) is 0 Å². The van der Waals surface area contributed by atoms with E-state index in [4.69, 9.17) is 5.73 Å². The lowest BCUT2D eigenvalue weighted by molar-refractivity contribution is -0.121. The molecule has 2 heterocycles. The van der Waals surface area contributed by atoms with Gasteiger partial charge in [0.1, 0.15) is 0 Å². The molecule has 1 fully saturated rings. The van der Waals surface area contributed by atoms with E-state index in [2.05, 4.69) is 28.3 Å². The molecule has 1 saturated heterocycles. The predicted molar refractivity (Wildman–Crippen MR) is 88.5 cm³/mol. The molecule has 5 heteroatoms. The number of aryl methyl sites for hydroxylation is 1. The first-order valence-electron chi connectivity index (χ1n) is 8.31. The van der Waals surface area contributed by atoms with Gasteiger partial charge in [-0.3, -0.25) is 14.7 Å². The second kappa shape index (κ2) is 8.86. The summed E-state index contributed by atoms with van der Waals surface area (Å²) in [6.07, 6.45) is 9.60. The highest BCUT2D eigenvalue weighted by Crippen LogP contribution is 2.30. The van der Waals surface area contributed by atoms with E-state index in [0.29, 0.717) is 19.0 Å². The summed E-state index contributed by atoms with van der Waals surface area (Å²) in [6.45, 7) is 2.46. The first-order valence-corrected chi connectivity index (χ1v) is 8.31. The maximum absolute atomic E-state index is 11.5. The van der Waals surface area contributed by atoms with Crippen molar-refractivity contribution >= 4 is 5.91 Å². The SMILES string of the molecule is CN1CCC[C@H]1c1cncc(CCCNC(=O)CCCN)c1. The highest BCUT2D eigenvalue weighted by molar-refractivity contribution is 5.75. The highest BCUT2D eigenvalue weighted by atomic mass is 16.1. The maximum atomic E-state index is 11.5. The molecule has 1 atom stereocenters. The third-order valence-corrected chi connectivity index (χ3v) is 4.29. The topological polar surface area (TPSA) is 71.2 Å². The van der Waals surface area contributed by atoms with Crippen LogP contribution in [0, 0.1) is 0 Å².